The van der Waals surface area contributed by atoms with Crippen LogP contribution in [0.5, 0.6) is 0 Å². The highest BCUT2D eigenvalue weighted by Crippen LogP contribution is 2.23. The summed E-state index contributed by atoms with van der Waals surface area (Å²) in [5.74, 6) is 0.245. The van der Waals surface area contributed by atoms with Gasteiger partial charge in [-0.05, 0) is 31.2 Å². The zero-order valence-electron chi connectivity index (χ0n) is 20.0. The number of nitrogens with one attached hydrogen (secondary N) is 2. The molecule has 1 aliphatic rings. The molecular formula is C25H32N6O3. The van der Waals surface area contributed by atoms with E-state index >= 15 is 0 Å². The first-order chi connectivity index (χ1) is 16.4. The van der Waals surface area contributed by atoms with Crippen LogP contribution in [0.1, 0.15) is 53.6 Å². The van der Waals surface area contributed by atoms with Crippen molar-refractivity contribution in [1.82, 2.24) is 24.9 Å². The summed E-state index contributed by atoms with van der Waals surface area (Å²) in [6.07, 6.45) is 5.21. The molecule has 1 saturated heterocycles. The van der Waals surface area contributed by atoms with Crippen molar-refractivity contribution in [1.29, 1.82) is 0 Å². The van der Waals surface area contributed by atoms with Crippen LogP contribution in [0.25, 0.3) is 0 Å². The summed E-state index contributed by atoms with van der Waals surface area (Å²) >= 11 is 0. The van der Waals surface area contributed by atoms with Gasteiger partial charge in [-0.25, -0.2) is 0 Å². The normalized spacial score (nSPS) is 15.1. The van der Waals surface area contributed by atoms with E-state index in [4.69, 9.17) is 4.74 Å². The predicted octanol–water partition coefficient (Wildman–Crippen LogP) is 3.20. The van der Waals surface area contributed by atoms with Crippen molar-refractivity contribution < 1.29 is 14.3 Å². The molecule has 0 radical (unpaired) electrons. The Kier molecular flexibility index (Phi) is 7.42. The lowest BCUT2D eigenvalue weighted by Gasteiger charge is -2.31. The van der Waals surface area contributed by atoms with Gasteiger partial charge in [-0.1, -0.05) is 44.2 Å². The number of aromatic nitrogens is 4. The average molecular weight is 465 g/mol. The number of H-pyrrole nitrogens is 1. The Morgan fingerprint density at radius 2 is 2.06 bits per heavy atom. The van der Waals surface area contributed by atoms with E-state index in [1.165, 1.54) is 0 Å². The maximum Gasteiger partial charge on any atom is 0.276 e. The van der Waals surface area contributed by atoms with Crippen LogP contribution in [-0.2, 0) is 16.0 Å². The van der Waals surface area contributed by atoms with Crippen molar-refractivity contribution >= 4 is 17.5 Å². The number of rotatable bonds is 9. The van der Waals surface area contributed by atoms with Crippen LogP contribution >= 0.6 is 0 Å². The number of aryl methyl sites for hydroxylation is 1. The van der Waals surface area contributed by atoms with Crippen LogP contribution in [0.2, 0.25) is 0 Å². The van der Waals surface area contributed by atoms with E-state index in [1.54, 1.807) is 22.0 Å². The van der Waals surface area contributed by atoms with Gasteiger partial charge in [-0.3, -0.25) is 19.4 Å². The molecule has 1 atom stereocenters. The number of amides is 2. The molecule has 0 saturated carbocycles. The van der Waals surface area contributed by atoms with E-state index < -0.39 is 0 Å². The molecule has 3 heterocycles. The van der Waals surface area contributed by atoms with E-state index in [0.29, 0.717) is 37.0 Å². The van der Waals surface area contributed by atoms with Gasteiger partial charge in [0, 0.05) is 30.5 Å². The van der Waals surface area contributed by atoms with Crippen molar-refractivity contribution in [2.75, 3.05) is 31.6 Å². The molecule has 0 spiro atoms. The Balaban J connectivity index is 1.52. The number of aromatic amines is 1. The predicted molar refractivity (Wildman–Crippen MR) is 129 cm³/mol. The van der Waals surface area contributed by atoms with Crippen LogP contribution in [0.4, 0.5) is 5.69 Å². The number of ether oxygens (including phenoxy) is 1. The van der Waals surface area contributed by atoms with Crippen molar-refractivity contribution in [2.45, 2.75) is 39.7 Å². The summed E-state index contributed by atoms with van der Waals surface area (Å²) in [5.41, 5.74) is 3.90. The molecule has 1 aliphatic heterocycles. The molecule has 0 aliphatic carbocycles. The Bertz CT molecular complexity index is 1120. The number of nitrogens with zero attached hydrogens (tertiary/aromatic N) is 4. The molecule has 9 nitrogen and oxygen atoms in total. The van der Waals surface area contributed by atoms with Gasteiger partial charge >= 0.3 is 0 Å². The van der Waals surface area contributed by atoms with Crippen molar-refractivity contribution in [2.24, 2.45) is 5.92 Å². The molecule has 34 heavy (non-hydrogen) atoms. The summed E-state index contributed by atoms with van der Waals surface area (Å²) in [6.45, 7) is 7.91. The highest BCUT2D eigenvalue weighted by atomic mass is 16.5. The lowest BCUT2D eigenvalue weighted by molar-refractivity contribution is -0.143. The van der Waals surface area contributed by atoms with Crippen LogP contribution in [0.3, 0.4) is 0 Å². The van der Waals surface area contributed by atoms with Gasteiger partial charge in [0.25, 0.3) is 5.91 Å². The standard InChI is InChI=1S/C25H32N6O3/c1-17(2)9-10-21-18(3)28-29-24(21)25(33)27-20-13-26-31(14-20)22(19-7-5-4-6-8-19)15-30-11-12-34-16-23(30)32/h4-8,13-14,17,22H,9-12,15-16H2,1-3H3,(H,27,33)(H,28,29). The fourth-order valence-corrected chi connectivity index (χ4v) is 4.11. The highest BCUT2D eigenvalue weighted by Gasteiger charge is 2.25. The fraction of sp³-hybridized carbons (Fsp3) is 0.440. The van der Waals surface area contributed by atoms with Crippen LogP contribution < -0.4 is 5.32 Å². The highest BCUT2D eigenvalue weighted by molar-refractivity contribution is 6.03. The van der Waals surface area contributed by atoms with Crippen molar-refractivity contribution in [3.8, 4) is 0 Å². The van der Waals surface area contributed by atoms with E-state index in [-0.39, 0.29) is 24.5 Å². The van der Waals surface area contributed by atoms with Crippen molar-refractivity contribution in [3.63, 3.8) is 0 Å². The molecule has 1 aromatic carbocycles. The minimum Gasteiger partial charge on any atom is -0.370 e. The average Bonchev–Trinajstić information content (AvgIpc) is 3.44. The maximum atomic E-state index is 13.0. The molecule has 2 N–H and O–H groups in total. The Morgan fingerprint density at radius 3 is 2.79 bits per heavy atom. The first-order valence-corrected chi connectivity index (χ1v) is 11.7. The van der Waals surface area contributed by atoms with Gasteiger partial charge in [-0.15, -0.1) is 0 Å². The monoisotopic (exact) mass is 464 g/mol. The number of benzene rings is 1. The van der Waals surface area contributed by atoms with Crippen LogP contribution in [0, 0.1) is 12.8 Å². The molecule has 4 rings (SSSR count). The number of morpholine rings is 1. The van der Waals surface area contributed by atoms with E-state index in [2.05, 4.69) is 34.5 Å². The first-order valence-electron chi connectivity index (χ1n) is 11.7. The zero-order valence-corrected chi connectivity index (χ0v) is 20.0. The smallest absolute Gasteiger partial charge is 0.276 e. The fourth-order valence-electron chi connectivity index (χ4n) is 4.11. The maximum absolute atomic E-state index is 13.0. The molecule has 3 aromatic rings. The Morgan fingerprint density at radius 1 is 1.26 bits per heavy atom. The quantitative estimate of drug-likeness (QED) is 0.506. The SMILES string of the molecule is Cc1[nH]nc(C(=O)Nc2cnn(C(CN3CCOCC3=O)c3ccccc3)c2)c1CCC(C)C. The van der Waals surface area contributed by atoms with E-state index in [9.17, 15) is 9.59 Å². The molecule has 2 amide bonds. The number of carbonyl (C=O) groups is 2. The number of carbonyl (C=O) groups excluding carboxylic acids is 2. The lowest BCUT2D eigenvalue weighted by atomic mass is 10.0. The van der Waals surface area contributed by atoms with Gasteiger partial charge < -0.3 is 15.0 Å². The first kappa shape index (κ1) is 23.7. The molecule has 1 unspecified atom stereocenters. The van der Waals surface area contributed by atoms with Crippen molar-refractivity contribution in [3.05, 3.63) is 65.2 Å². The summed E-state index contributed by atoms with van der Waals surface area (Å²) in [7, 11) is 0. The zero-order chi connectivity index (χ0) is 24.1. The molecule has 1 fully saturated rings. The van der Waals surface area contributed by atoms with Gasteiger partial charge in [-0.2, -0.15) is 10.2 Å². The molecular weight excluding hydrogens is 432 g/mol. The molecule has 0 bridgehead atoms. The van der Waals surface area contributed by atoms with Gasteiger partial charge in [0.1, 0.15) is 6.61 Å². The van der Waals surface area contributed by atoms with E-state index in [1.807, 2.05) is 37.3 Å². The second-order valence-electron chi connectivity index (χ2n) is 9.09. The summed E-state index contributed by atoms with van der Waals surface area (Å²) in [5, 5.41) is 14.6. The summed E-state index contributed by atoms with van der Waals surface area (Å²) < 4.78 is 7.06. The number of hydrogen-bond acceptors (Lipinski definition) is 5. The number of anilines is 1. The largest absolute Gasteiger partial charge is 0.370 e. The topological polar surface area (TPSA) is 105 Å². The summed E-state index contributed by atoms with van der Waals surface area (Å²) in [4.78, 5) is 27.1. The lowest BCUT2D eigenvalue weighted by Crippen LogP contribution is -2.44. The van der Waals surface area contributed by atoms with Crippen LogP contribution in [-0.4, -0.2) is 63.0 Å². The number of hydrogen-bond donors (Lipinski definition) is 2. The van der Waals surface area contributed by atoms with Gasteiger partial charge in [0.2, 0.25) is 5.91 Å². The van der Waals surface area contributed by atoms with Gasteiger partial charge in [0.15, 0.2) is 5.69 Å². The van der Waals surface area contributed by atoms with Crippen LogP contribution in [0.15, 0.2) is 42.7 Å². The van der Waals surface area contributed by atoms with E-state index in [0.717, 1.165) is 29.7 Å². The molecule has 9 heteroatoms. The Labute approximate surface area is 199 Å². The molecule has 180 valence electrons. The second-order valence-corrected chi connectivity index (χ2v) is 9.09. The third-order valence-corrected chi connectivity index (χ3v) is 6.10. The minimum atomic E-state index is -0.262. The summed E-state index contributed by atoms with van der Waals surface area (Å²) in [6, 6.07) is 9.73. The minimum absolute atomic E-state index is 0.0318. The second kappa shape index (κ2) is 10.6. The Hall–Kier alpha value is -3.46. The molecule has 2 aromatic heterocycles. The third-order valence-electron chi connectivity index (χ3n) is 6.10. The third kappa shape index (κ3) is 5.53. The van der Waals surface area contributed by atoms with Gasteiger partial charge in [0.05, 0.1) is 24.5 Å².